The van der Waals surface area contributed by atoms with Crippen molar-refractivity contribution >= 4 is 0 Å². The molecule has 0 spiro atoms. The van der Waals surface area contributed by atoms with Crippen LogP contribution in [0.1, 0.15) is 32.4 Å². The number of hydrogen-bond donors (Lipinski definition) is 1. The van der Waals surface area contributed by atoms with Gasteiger partial charge in [0.1, 0.15) is 0 Å². The van der Waals surface area contributed by atoms with E-state index in [0.717, 1.165) is 19.3 Å². The van der Waals surface area contributed by atoms with Gasteiger partial charge in [0.05, 0.1) is 5.60 Å². The Kier molecular flexibility index (Phi) is 5.15. The minimum absolute atomic E-state index is 0.104. The molecule has 1 N–H and O–H groups in total. The van der Waals surface area contributed by atoms with Crippen molar-refractivity contribution in [3.8, 4) is 0 Å². The summed E-state index contributed by atoms with van der Waals surface area (Å²) >= 11 is 0. The summed E-state index contributed by atoms with van der Waals surface area (Å²) in [5, 5.41) is 7.56. The van der Waals surface area contributed by atoms with Gasteiger partial charge in [0.2, 0.25) is 0 Å². The molecule has 1 rings (SSSR count). The number of rotatable bonds is 7. The van der Waals surface area contributed by atoms with Crippen molar-refractivity contribution < 1.29 is 4.74 Å². The zero-order valence-corrected chi connectivity index (χ0v) is 11.7. The Balaban J connectivity index is 2.62. The Bertz CT molecular complexity index is 331. The highest BCUT2D eigenvalue weighted by Gasteiger charge is 2.31. The van der Waals surface area contributed by atoms with Crippen LogP contribution >= 0.6 is 0 Å². The molecule has 4 nitrogen and oxygen atoms in total. The van der Waals surface area contributed by atoms with E-state index >= 15 is 0 Å². The molecule has 98 valence electrons. The van der Waals surface area contributed by atoms with Crippen molar-refractivity contribution in [1.29, 1.82) is 0 Å². The maximum atomic E-state index is 5.66. The van der Waals surface area contributed by atoms with Crippen LogP contribution in [-0.4, -0.2) is 35.6 Å². The van der Waals surface area contributed by atoms with E-state index in [1.165, 1.54) is 5.69 Å². The maximum Gasteiger partial charge on any atom is 0.0800 e. The van der Waals surface area contributed by atoms with E-state index in [1.807, 2.05) is 25.0 Å². The van der Waals surface area contributed by atoms with Gasteiger partial charge in [-0.05, 0) is 39.3 Å². The third-order valence-corrected chi connectivity index (χ3v) is 3.87. The molecule has 1 heterocycles. The molecule has 0 aliphatic heterocycles. The normalized spacial score (nSPS) is 16.8. The third-order valence-electron chi connectivity index (χ3n) is 3.87. The number of hydrogen-bond acceptors (Lipinski definition) is 3. The van der Waals surface area contributed by atoms with E-state index in [0.29, 0.717) is 6.04 Å². The van der Waals surface area contributed by atoms with Crippen molar-refractivity contribution in [2.75, 3.05) is 14.2 Å². The van der Waals surface area contributed by atoms with Gasteiger partial charge < -0.3 is 10.1 Å². The van der Waals surface area contributed by atoms with Gasteiger partial charge in [0.15, 0.2) is 0 Å². The second-order valence-corrected chi connectivity index (χ2v) is 4.70. The number of ether oxygens (including phenoxy) is 1. The van der Waals surface area contributed by atoms with Gasteiger partial charge in [0, 0.05) is 32.1 Å². The van der Waals surface area contributed by atoms with Gasteiger partial charge in [-0.1, -0.05) is 6.92 Å². The molecule has 0 bridgehead atoms. The first-order chi connectivity index (χ1) is 8.07. The van der Waals surface area contributed by atoms with Crippen LogP contribution < -0.4 is 5.32 Å². The molecule has 0 amide bonds. The lowest BCUT2D eigenvalue weighted by Crippen LogP contribution is -2.48. The summed E-state index contributed by atoms with van der Waals surface area (Å²) in [5.41, 5.74) is 1.16. The minimum Gasteiger partial charge on any atom is -0.377 e. The number of aryl methyl sites for hydroxylation is 2. The summed E-state index contributed by atoms with van der Waals surface area (Å²) in [6, 6.07) is 2.43. The first kappa shape index (κ1) is 14.2. The summed E-state index contributed by atoms with van der Waals surface area (Å²) in [7, 11) is 5.78. The monoisotopic (exact) mass is 239 g/mol. The lowest BCUT2D eigenvalue weighted by atomic mass is 9.89. The Morgan fingerprint density at radius 1 is 1.59 bits per heavy atom. The number of methoxy groups -OCH3 is 1. The molecule has 0 saturated heterocycles. The van der Waals surface area contributed by atoms with Crippen molar-refractivity contribution in [2.24, 2.45) is 7.05 Å². The summed E-state index contributed by atoms with van der Waals surface area (Å²) in [6.45, 7) is 4.33. The van der Waals surface area contributed by atoms with E-state index in [1.54, 1.807) is 7.11 Å². The van der Waals surface area contributed by atoms with Crippen molar-refractivity contribution in [2.45, 2.75) is 44.8 Å². The first-order valence-electron chi connectivity index (χ1n) is 6.26. The Hall–Kier alpha value is -0.870. The molecule has 0 aliphatic carbocycles. The molecular formula is C13H25N3O. The molecule has 17 heavy (non-hydrogen) atoms. The third kappa shape index (κ3) is 3.30. The largest absolute Gasteiger partial charge is 0.377 e. The molecular weight excluding hydrogens is 214 g/mol. The Labute approximate surface area is 104 Å². The molecule has 0 fully saturated rings. The average Bonchev–Trinajstić information content (AvgIpc) is 2.75. The highest BCUT2D eigenvalue weighted by molar-refractivity contribution is 5.01. The SMILES string of the molecule is CCC(C)(OC)C(CCc1ccnn1C)NC. The summed E-state index contributed by atoms with van der Waals surface area (Å²) in [4.78, 5) is 0. The number of nitrogens with one attached hydrogen (secondary N) is 1. The van der Waals surface area contributed by atoms with Gasteiger partial charge in [0.25, 0.3) is 0 Å². The van der Waals surface area contributed by atoms with Crippen LogP contribution in [0.25, 0.3) is 0 Å². The lowest BCUT2D eigenvalue weighted by molar-refractivity contribution is -0.0291. The van der Waals surface area contributed by atoms with Crippen LogP contribution in [0.3, 0.4) is 0 Å². The lowest BCUT2D eigenvalue weighted by Gasteiger charge is -2.35. The van der Waals surface area contributed by atoms with Gasteiger partial charge in [-0.25, -0.2) is 0 Å². The predicted molar refractivity (Wildman–Crippen MR) is 70.1 cm³/mol. The van der Waals surface area contributed by atoms with E-state index < -0.39 is 0 Å². The van der Waals surface area contributed by atoms with Crippen LogP contribution in [0.4, 0.5) is 0 Å². The fourth-order valence-electron chi connectivity index (χ4n) is 2.23. The highest BCUT2D eigenvalue weighted by Crippen LogP contribution is 2.22. The number of aromatic nitrogens is 2. The summed E-state index contributed by atoms with van der Waals surface area (Å²) in [6.07, 6.45) is 4.91. The van der Waals surface area contributed by atoms with Gasteiger partial charge >= 0.3 is 0 Å². The summed E-state index contributed by atoms with van der Waals surface area (Å²) < 4.78 is 7.59. The topological polar surface area (TPSA) is 39.1 Å². The molecule has 0 aliphatic rings. The Morgan fingerprint density at radius 2 is 2.29 bits per heavy atom. The van der Waals surface area contributed by atoms with Crippen LogP contribution in [0.5, 0.6) is 0 Å². The second kappa shape index (κ2) is 6.17. The smallest absolute Gasteiger partial charge is 0.0800 e. The standard InChI is InChI=1S/C13H25N3O/c1-6-13(2,17-5)12(14-3)8-7-11-9-10-15-16(11)4/h9-10,12,14H,6-8H2,1-5H3. The fourth-order valence-corrected chi connectivity index (χ4v) is 2.23. The molecule has 0 saturated carbocycles. The molecule has 1 aromatic heterocycles. The van der Waals surface area contributed by atoms with E-state index in [2.05, 4.69) is 30.3 Å². The van der Waals surface area contributed by atoms with Crippen molar-refractivity contribution in [1.82, 2.24) is 15.1 Å². The number of likely N-dealkylation sites (N-methyl/N-ethyl adjacent to an activating group) is 1. The summed E-state index contributed by atoms with van der Waals surface area (Å²) in [5.74, 6) is 0. The molecule has 4 heteroatoms. The van der Waals surface area contributed by atoms with Gasteiger partial charge in [-0.15, -0.1) is 0 Å². The van der Waals surface area contributed by atoms with Gasteiger partial charge in [-0.2, -0.15) is 5.10 Å². The fraction of sp³-hybridized carbons (Fsp3) is 0.769. The molecule has 1 aromatic rings. The minimum atomic E-state index is -0.104. The zero-order chi connectivity index (χ0) is 12.9. The first-order valence-corrected chi connectivity index (χ1v) is 6.26. The van der Waals surface area contributed by atoms with Crippen LogP contribution in [-0.2, 0) is 18.2 Å². The zero-order valence-electron chi connectivity index (χ0n) is 11.7. The maximum absolute atomic E-state index is 5.66. The molecule has 0 aromatic carbocycles. The Morgan fingerprint density at radius 3 is 2.71 bits per heavy atom. The molecule has 2 unspecified atom stereocenters. The van der Waals surface area contributed by atoms with Crippen LogP contribution in [0.15, 0.2) is 12.3 Å². The van der Waals surface area contributed by atoms with E-state index in [9.17, 15) is 0 Å². The average molecular weight is 239 g/mol. The molecule has 2 atom stereocenters. The second-order valence-electron chi connectivity index (χ2n) is 4.70. The van der Waals surface area contributed by atoms with E-state index in [-0.39, 0.29) is 5.60 Å². The van der Waals surface area contributed by atoms with E-state index in [4.69, 9.17) is 4.74 Å². The highest BCUT2D eigenvalue weighted by atomic mass is 16.5. The quantitative estimate of drug-likeness (QED) is 0.788. The van der Waals surface area contributed by atoms with Crippen LogP contribution in [0, 0.1) is 0 Å². The predicted octanol–water partition coefficient (Wildman–Crippen LogP) is 1.76. The van der Waals surface area contributed by atoms with Gasteiger partial charge in [-0.3, -0.25) is 4.68 Å². The van der Waals surface area contributed by atoms with Crippen molar-refractivity contribution in [3.63, 3.8) is 0 Å². The molecule has 0 radical (unpaired) electrons. The van der Waals surface area contributed by atoms with Crippen LogP contribution in [0.2, 0.25) is 0 Å². The number of nitrogens with zero attached hydrogens (tertiary/aromatic N) is 2. The van der Waals surface area contributed by atoms with Crippen molar-refractivity contribution in [3.05, 3.63) is 18.0 Å².